The van der Waals surface area contributed by atoms with Crippen LogP contribution in [0.25, 0.3) is 0 Å². The Kier molecular flexibility index (Phi) is 4.42. The molecule has 0 saturated carbocycles. The first-order chi connectivity index (χ1) is 8.35. The van der Waals surface area contributed by atoms with E-state index in [1.807, 2.05) is 6.20 Å². The van der Waals surface area contributed by atoms with Gasteiger partial charge < -0.3 is 15.2 Å². The van der Waals surface area contributed by atoms with E-state index in [2.05, 4.69) is 27.6 Å². The number of aromatic nitrogens is 2. The number of hydrogen-bond acceptors (Lipinski definition) is 3. The number of rotatable bonds is 5. The largest absolute Gasteiger partial charge is 0.342 e. The van der Waals surface area contributed by atoms with Crippen molar-refractivity contribution < 1.29 is 0 Å². The lowest BCUT2D eigenvalue weighted by Gasteiger charge is -2.33. The minimum Gasteiger partial charge on any atom is -0.342 e. The maximum absolute atomic E-state index is 5.78. The first-order valence-corrected chi connectivity index (χ1v) is 6.81. The second-order valence-corrected chi connectivity index (χ2v) is 4.96. The van der Waals surface area contributed by atoms with Crippen LogP contribution in [-0.4, -0.2) is 29.2 Å². The quantitative estimate of drug-likeness (QED) is 0.849. The summed E-state index contributed by atoms with van der Waals surface area (Å²) in [5, 5.41) is 0. The van der Waals surface area contributed by atoms with Crippen LogP contribution < -0.4 is 10.6 Å². The van der Waals surface area contributed by atoms with Crippen molar-refractivity contribution in [2.45, 2.75) is 39.2 Å². The Morgan fingerprint density at radius 3 is 3.18 bits per heavy atom. The zero-order valence-corrected chi connectivity index (χ0v) is 10.8. The Morgan fingerprint density at radius 1 is 1.53 bits per heavy atom. The van der Waals surface area contributed by atoms with Crippen molar-refractivity contribution in [2.75, 3.05) is 24.5 Å². The molecule has 1 aromatic heterocycles. The second kappa shape index (κ2) is 6.05. The highest BCUT2D eigenvalue weighted by molar-refractivity contribution is 5.32. The summed E-state index contributed by atoms with van der Waals surface area (Å²) in [5.74, 6) is 1.77. The molecule has 2 heterocycles. The molecular formula is C13H24N4. The van der Waals surface area contributed by atoms with Crippen molar-refractivity contribution in [1.82, 2.24) is 9.55 Å². The van der Waals surface area contributed by atoms with Crippen LogP contribution in [0.3, 0.4) is 0 Å². The van der Waals surface area contributed by atoms with E-state index in [9.17, 15) is 0 Å². The molecule has 4 nitrogen and oxygen atoms in total. The third-order valence-corrected chi connectivity index (χ3v) is 3.58. The third-order valence-electron chi connectivity index (χ3n) is 3.58. The van der Waals surface area contributed by atoms with E-state index in [1.165, 1.54) is 25.7 Å². The van der Waals surface area contributed by atoms with E-state index < -0.39 is 0 Å². The van der Waals surface area contributed by atoms with Crippen LogP contribution in [0, 0.1) is 5.92 Å². The van der Waals surface area contributed by atoms with Gasteiger partial charge in [0.1, 0.15) is 0 Å². The van der Waals surface area contributed by atoms with Crippen molar-refractivity contribution in [1.29, 1.82) is 0 Å². The highest BCUT2D eigenvalue weighted by atomic mass is 15.3. The topological polar surface area (TPSA) is 47.1 Å². The summed E-state index contributed by atoms with van der Waals surface area (Å²) in [6, 6.07) is 0. The van der Waals surface area contributed by atoms with Gasteiger partial charge in [0.15, 0.2) is 0 Å². The van der Waals surface area contributed by atoms with E-state index in [4.69, 9.17) is 5.73 Å². The predicted molar refractivity (Wildman–Crippen MR) is 71.1 cm³/mol. The van der Waals surface area contributed by atoms with Crippen LogP contribution >= 0.6 is 0 Å². The summed E-state index contributed by atoms with van der Waals surface area (Å²) in [6.07, 6.45) is 8.96. The molecule has 4 heteroatoms. The lowest BCUT2D eigenvalue weighted by molar-refractivity contribution is 0.415. The molecule has 1 saturated heterocycles. The second-order valence-electron chi connectivity index (χ2n) is 4.96. The molecule has 1 fully saturated rings. The molecule has 0 radical (unpaired) electrons. The van der Waals surface area contributed by atoms with Gasteiger partial charge in [0.25, 0.3) is 0 Å². The number of anilines is 1. The number of hydrogen-bond donors (Lipinski definition) is 1. The van der Waals surface area contributed by atoms with E-state index in [-0.39, 0.29) is 0 Å². The van der Waals surface area contributed by atoms with Gasteiger partial charge in [-0.25, -0.2) is 4.98 Å². The van der Waals surface area contributed by atoms with Gasteiger partial charge in [-0.05, 0) is 31.7 Å². The normalized spacial score (nSPS) is 20.8. The third kappa shape index (κ3) is 3.00. The summed E-state index contributed by atoms with van der Waals surface area (Å²) < 4.78 is 2.28. The molecule has 1 atom stereocenters. The first kappa shape index (κ1) is 12.4. The summed E-state index contributed by atoms with van der Waals surface area (Å²) in [4.78, 5) is 6.91. The van der Waals surface area contributed by atoms with Crippen LogP contribution in [0.15, 0.2) is 12.4 Å². The van der Waals surface area contributed by atoms with E-state index in [1.54, 1.807) is 0 Å². The SMILES string of the molecule is CCCCn1ccnc1N1CCCC(CN)C1. The number of nitrogens with zero attached hydrogens (tertiary/aromatic N) is 3. The summed E-state index contributed by atoms with van der Waals surface area (Å²) in [7, 11) is 0. The molecule has 0 amide bonds. The molecule has 0 spiro atoms. The zero-order chi connectivity index (χ0) is 12.1. The van der Waals surface area contributed by atoms with Crippen molar-refractivity contribution in [3.8, 4) is 0 Å². The maximum Gasteiger partial charge on any atom is 0.205 e. The van der Waals surface area contributed by atoms with Gasteiger partial charge in [0.05, 0.1) is 0 Å². The van der Waals surface area contributed by atoms with Gasteiger partial charge in [-0.1, -0.05) is 13.3 Å². The minimum atomic E-state index is 0.639. The van der Waals surface area contributed by atoms with E-state index in [0.717, 1.165) is 32.1 Å². The molecule has 17 heavy (non-hydrogen) atoms. The van der Waals surface area contributed by atoms with Gasteiger partial charge in [-0.15, -0.1) is 0 Å². The molecule has 2 rings (SSSR count). The minimum absolute atomic E-state index is 0.639. The highest BCUT2D eigenvalue weighted by Crippen LogP contribution is 2.21. The fourth-order valence-electron chi connectivity index (χ4n) is 2.53. The van der Waals surface area contributed by atoms with E-state index >= 15 is 0 Å². The highest BCUT2D eigenvalue weighted by Gasteiger charge is 2.21. The lowest BCUT2D eigenvalue weighted by atomic mass is 9.99. The number of unbranched alkanes of at least 4 members (excludes halogenated alkanes) is 1. The number of piperidine rings is 1. The molecule has 0 bridgehead atoms. The molecule has 2 N–H and O–H groups in total. The van der Waals surface area contributed by atoms with Crippen LogP contribution in [0.4, 0.5) is 5.95 Å². The van der Waals surface area contributed by atoms with Gasteiger partial charge >= 0.3 is 0 Å². The smallest absolute Gasteiger partial charge is 0.205 e. The Morgan fingerprint density at radius 2 is 2.41 bits per heavy atom. The average Bonchev–Trinajstić information content (AvgIpc) is 2.84. The molecule has 1 unspecified atom stereocenters. The number of aryl methyl sites for hydroxylation is 1. The monoisotopic (exact) mass is 236 g/mol. The standard InChI is InChI=1S/C13H24N4/c1-2-3-7-16-9-6-15-13(16)17-8-4-5-12(10-14)11-17/h6,9,12H,2-5,7-8,10-11,14H2,1H3. The van der Waals surface area contributed by atoms with Crippen LogP contribution in [0.2, 0.25) is 0 Å². The fraction of sp³-hybridized carbons (Fsp3) is 0.769. The maximum atomic E-state index is 5.78. The number of nitrogens with two attached hydrogens (primary N) is 1. The van der Waals surface area contributed by atoms with Gasteiger partial charge in [0, 0.05) is 32.0 Å². The first-order valence-electron chi connectivity index (χ1n) is 6.81. The van der Waals surface area contributed by atoms with Crippen LogP contribution in [-0.2, 0) is 6.54 Å². The Hall–Kier alpha value is -1.03. The average molecular weight is 236 g/mol. The number of imidazole rings is 1. The van der Waals surface area contributed by atoms with Crippen LogP contribution in [0.5, 0.6) is 0 Å². The molecule has 0 aromatic carbocycles. The molecule has 0 aliphatic carbocycles. The molecule has 1 aliphatic rings. The van der Waals surface area contributed by atoms with Crippen molar-refractivity contribution >= 4 is 5.95 Å². The Balaban J connectivity index is 2.02. The summed E-state index contributed by atoms with van der Waals surface area (Å²) in [5.41, 5.74) is 5.78. The van der Waals surface area contributed by atoms with Gasteiger partial charge in [0.2, 0.25) is 5.95 Å². The van der Waals surface area contributed by atoms with Gasteiger partial charge in [-0.2, -0.15) is 0 Å². The summed E-state index contributed by atoms with van der Waals surface area (Å²) in [6.45, 7) is 6.29. The van der Waals surface area contributed by atoms with E-state index in [0.29, 0.717) is 5.92 Å². The van der Waals surface area contributed by atoms with Crippen LogP contribution in [0.1, 0.15) is 32.6 Å². The molecular weight excluding hydrogens is 212 g/mol. The molecule has 96 valence electrons. The van der Waals surface area contributed by atoms with Gasteiger partial charge in [-0.3, -0.25) is 0 Å². The molecule has 1 aromatic rings. The van der Waals surface area contributed by atoms with Crippen molar-refractivity contribution in [3.05, 3.63) is 12.4 Å². The lowest BCUT2D eigenvalue weighted by Crippen LogP contribution is -2.39. The Labute approximate surface area is 104 Å². The zero-order valence-electron chi connectivity index (χ0n) is 10.8. The summed E-state index contributed by atoms with van der Waals surface area (Å²) >= 11 is 0. The van der Waals surface area contributed by atoms with Crippen molar-refractivity contribution in [2.24, 2.45) is 11.7 Å². The predicted octanol–water partition coefficient (Wildman–Crippen LogP) is 1.86. The van der Waals surface area contributed by atoms with Crippen molar-refractivity contribution in [3.63, 3.8) is 0 Å². The Bertz CT molecular complexity index is 334. The molecule has 1 aliphatic heterocycles. The fourth-order valence-corrected chi connectivity index (χ4v) is 2.53.